The zero-order chi connectivity index (χ0) is 28.7. The van der Waals surface area contributed by atoms with Crippen LogP contribution in [0.2, 0.25) is 10.0 Å². The topological polar surface area (TPSA) is 145 Å². The highest BCUT2D eigenvalue weighted by atomic mass is 79.9. The minimum atomic E-state index is -1.49. The number of carbonyl (C=O) groups excluding carboxylic acids is 2. The fraction of sp³-hybridized carbons (Fsp3) is 0.160. The summed E-state index contributed by atoms with van der Waals surface area (Å²) in [5.74, 6) is -1.13. The number of aromatic nitrogens is 1. The fourth-order valence-electron chi connectivity index (χ4n) is 3.37. The number of aryl methyl sites for hydroxylation is 1. The van der Waals surface area contributed by atoms with Gasteiger partial charge in [-0.3, -0.25) is 20.3 Å². The van der Waals surface area contributed by atoms with Crippen LogP contribution in [0.5, 0.6) is 5.75 Å². The average molecular weight is 655 g/mol. The van der Waals surface area contributed by atoms with Crippen molar-refractivity contribution in [2.24, 2.45) is 0 Å². The molecule has 0 saturated heterocycles. The summed E-state index contributed by atoms with van der Waals surface area (Å²) in [4.78, 5) is 38.0. The number of rotatable bonds is 9. The van der Waals surface area contributed by atoms with E-state index in [4.69, 9.17) is 33.3 Å². The number of hydrogen-bond acceptors (Lipinski definition) is 7. The second kappa shape index (κ2) is 13.6. The Morgan fingerprint density at radius 1 is 1.23 bits per heavy atom. The molecule has 39 heavy (non-hydrogen) atoms. The molecule has 1 heterocycles. The van der Waals surface area contributed by atoms with Crippen LogP contribution in [-0.4, -0.2) is 50.2 Å². The van der Waals surface area contributed by atoms with Gasteiger partial charge >= 0.3 is 6.09 Å². The molecule has 0 radical (unpaired) electrons. The molecule has 3 rings (SSSR count). The Bertz CT molecular complexity index is 1410. The van der Waals surface area contributed by atoms with Crippen molar-refractivity contribution in [3.05, 3.63) is 75.1 Å². The van der Waals surface area contributed by atoms with Crippen LogP contribution in [0.15, 0.2) is 49.1 Å². The molecule has 0 saturated carbocycles. The number of anilines is 1. The second-order valence-corrected chi connectivity index (χ2v) is 10.2. The van der Waals surface area contributed by atoms with Gasteiger partial charge in [-0.25, -0.2) is 9.69 Å². The molecule has 0 fully saturated rings. The maximum atomic E-state index is 13.2. The Morgan fingerprint density at radius 3 is 2.44 bits per heavy atom. The van der Waals surface area contributed by atoms with Crippen molar-refractivity contribution in [2.45, 2.75) is 13.5 Å². The van der Waals surface area contributed by atoms with Gasteiger partial charge in [0.15, 0.2) is 0 Å². The number of ether oxygens (including phenoxy) is 1. The van der Waals surface area contributed by atoms with Crippen LogP contribution in [0, 0.1) is 12.3 Å². The van der Waals surface area contributed by atoms with Crippen molar-refractivity contribution in [3.63, 3.8) is 0 Å². The maximum Gasteiger partial charge on any atom is 0.414 e. The molecular formula is C25H22BrCl2N5O5S. The molecule has 0 spiro atoms. The third kappa shape index (κ3) is 7.57. The second-order valence-electron chi connectivity index (χ2n) is 7.87. The molecule has 0 aliphatic heterocycles. The first-order valence-electron chi connectivity index (χ1n) is 11.1. The summed E-state index contributed by atoms with van der Waals surface area (Å²) in [6.07, 6.45) is 0.138. The Morgan fingerprint density at radius 2 is 1.87 bits per heavy atom. The Labute approximate surface area is 246 Å². The van der Waals surface area contributed by atoms with Crippen LogP contribution < -0.4 is 15.4 Å². The number of guanidine groups is 1. The number of nitrogens with one attached hydrogen (secondary N) is 3. The minimum Gasteiger partial charge on any atom is -0.490 e. The van der Waals surface area contributed by atoms with Gasteiger partial charge in [-0.15, -0.1) is 0 Å². The largest absolute Gasteiger partial charge is 0.490 e. The normalized spacial score (nSPS) is 10.5. The zero-order valence-electron chi connectivity index (χ0n) is 20.4. The molecule has 0 bridgehead atoms. The molecule has 10 nitrogen and oxygen atoms in total. The van der Waals surface area contributed by atoms with Gasteiger partial charge in [0, 0.05) is 10.4 Å². The monoisotopic (exact) mass is 653 g/mol. The van der Waals surface area contributed by atoms with E-state index in [0.717, 1.165) is 11.5 Å². The van der Waals surface area contributed by atoms with Crippen LogP contribution in [0.4, 0.5) is 10.5 Å². The molecule has 3 amide bonds. The van der Waals surface area contributed by atoms with E-state index >= 15 is 0 Å². The van der Waals surface area contributed by atoms with E-state index in [1.54, 1.807) is 37.3 Å². The number of hydrogen-bond donors (Lipinski definition) is 4. The molecule has 0 atom stereocenters. The van der Waals surface area contributed by atoms with Crippen molar-refractivity contribution in [3.8, 4) is 17.0 Å². The fourth-order valence-corrected chi connectivity index (χ4v) is 4.84. The predicted molar refractivity (Wildman–Crippen MR) is 156 cm³/mol. The third-order valence-corrected chi connectivity index (χ3v) is 7.00. The van der Waals surface area contributed by atoms with E-state index in [-0.39, 0.29) is 39.1 Å². The number of carboxylic acid groups (broad SMARTS) is 1. The van der Waals surface area contributed by atoms with E-state index in [9.17, 15) is 19.5 Å². The highest BCUT2D eigenvalue weighted by Gasteiger charge is 2.25. The van der Waals surface area contributed by atoms with Crippen molar-refractivity contribution in [1.82, 2.24) is 14.6 Å². The first-order chi connectivity index (χ1) is 18.5. The number of halogens is 3. The van der Waals surface area contributed by atoms with Crippen molar-refractivity contribution in [1.29, 1.82) is 5.41 Å². The van der Waals surface area contributed by atoms with E-state index in [0.29, 0.717) is 39.0 Å². The van der Waals surface area contributed by atoms with E-state index in [1.165, 1.54) is 12.1 Å². The van der Waals surface area contributed by atoms with Crippen molar-refractivity contribution < 1.29 is 24.2 Å². The Kier molecular flexibility index (Phi) is 10.5. The molecule has 0 aliphatic carbocycles. The molecule has 14 heteroatoms. The average Bonchev–Trinajstić information content (AvgIpc) is 3.29. The lowest BCUT2D eigenvalue weighted by Crippen LogP contribution is -2.45. The maximum absolute atomic E-state index is 13.2. The molecule has 4 N–H and O–H groups in total. The van der Waals surface area contributed by atoms with Crippen LogP contribution in [-0.2, 0) is 11.3 Å². The number of nitrogens with zero attached hydrogens (tertiary/aromatic N) is 2. The summed E-state index contributed by atoms with van der Waals surface area (Å²) < 4.78 is 9.85. The van der Waals surface area contributed by atoms with Crippen LogP contribution in [0.3, 0.4) is 0 Å². The number of carbonyl (C=O) groups is 3. The molecule has 3 aromatic rings. The predicted octanol–water partition coefficient (Wildman–Crippen LogP) is 6.17. The zero-order valence-corrected chi connectivity index (χ0v) is 24.3. The molecule has 1 aromatic heterocycles. The summed E-state index contributed by atoms with van der Waals surface area (Å²) in [5.41, 5.74) is 1.75. The molecule has 0 aliphatic rings. The van der Waals surface area contributed by atoms with Gasteiger partial charge in [-0.05, 0) is 60.4 Å². The number of alkyl halides is 1. The SMILES string of the molecule is C=CCOc1ccc(-c2nsc(C)c2C(=O)NC(=N)N(Cc2cc(Cl)c(NC(=O)CBr)c(Cl)c2)C(=O)O)cc1. The summed E-state index contributed by atoms with van der Waals surface area (Å²) in [6.45, 7) is 5.31. The summed E-state index contributed by atoms with van der Waals surface area (Å²) in [5, 5.41) is 23.1. The summed E-state index contributed by atoms with van der Waals surface area (Å²) in [7, 11) is 0. The quantitative estimate of drug-likeness (QED) is 0.0940. The first kappa shape index (κ1) is 30.1. The summed E-state index contributed by atoms with van der Waals surface area (Å²) >= 11 is 16.6. The van der Waals surface area contributed by atoms with Crippen LogP contribution >= 0.6 is 50.7 Å². The standard InChI is InChI=1S/C25H22BrCl2N5O5S/c1-3-8-38-16-6-4-15(5-7-16)21-20(13(2)39-32-21)23(35)31-24(29)33(25(36)37)12-14-9-17(27)22(18(28)10-14)30-19(34)11-26/h3-7,9-10H,1,8,11-12H2,2H3,(H,30,34)(H,36,37)(H2,29,31,35). The van der Waals surface area contributed by atoms with Gasteiger partial charge in [0.25, 0.3) is 5.91 Å². The lowest BCUT2D eigenvalue weighted by molar-refractivity contribution is -0.113. The Hall–Kier alpha value is -3.45. The smallest absolute Gasteiger partial charge is 0.414 e. The van der Waals surface area contributed by atoms with Crippen LogP contribution in [0.1, 0.15) is 20.8 Å². The third-order valence-electron chi connectivity index (χ3n) is 5.15. The van der Waals surface area contributed by atoms with E-state index in [1.807, 2.05) is 0 Å². The number of benzene rings is 2. The van der Waals surface area contributed by atoms with Gasteiger partial charge < -0.3 is 15.2 Å². The van der Waals surface area contributed by atoms with Gasteiger partial charge in [-0.2, -0.15) is 4.37 Å². The lowest BCUT2D eigenvalue weighted by Gasteiger charge is -2.21. The van der Waals surface area contributed by atoms with Gasteiger partial charge in [-0.1, -0.05) is 51.8 Å². The van der Waals surface area contributed by atoms with Crippen molar-refractivity contribution in [2.75, 3.05) is 17.3 Å². The van der Waals surface area contributed by atoms with Crippen molar-refractivity contribution >= 4 is 80.2 Å². The summed E-state index contributed by atoms with van der Waals surface area (Å²) in [6, 6.07) is 9.78. The molecular weight excluding hydrogens is 633 g/mol. The van der Waals surface area contributed by atoms with Gasteiger partial charge in [0.05, 0.1) is 38.9 Å². The first-order valence-corrected chi connectivity index (χ1v) is 13.7. The Balaban J connectivity index is 1.79. The van der Waals surface area contributed by atoms with E-state index in [2.05, 4.69) is 37.5 Å². The minimum absolute atomic E-state index is 0.0291. The molecule has 2 aromatic carbocycles. The van der Waals surface area contributed by atoms with Crippen LogP contribution in [0.25, 0.3) is 11.3 Å². The highest BCUT2D eigenvalue weighted by Crippen LogP contribution is 2.33. The van der Waals surface area contributed by atoms with E-state index < -0.39 is 18.0 Å². The molecule has 204 valence electrons. The molecule has 0 unspecified atom stereocenters. The highest BCUT2D eigenvalue weighted by molar-refractivity contribution is 9.09. The van der Waals surface area contributed by atoms with Gasteiger partial charge in [0.2, 0.25) is 11.9 Å². The lowest BCUT2D eigenvalue weighted by atomic mass is 10.1. The van der Waals surface area contributed by atoms with Gasteiger partial charge in [0.1, 0.15) is 12.4 Å². The number of amides is 3.